The van der Waals surface area contributed by atoms with Gasteiger partial charge in [-0.25, -0.2) is 0 Å². The van der Waals surface area contributed by atoms with Crippen LogP contribution >= 0.6 is 0 Å². The van der Waals surface area contributed by atoms with Crippen LogP contribution < -0.4 is 0 Å². The normalized spacial score (nSPS) is 12.0. The van der Waals surface area contributed by atoms with E-state index in [0.717, 1.165) is 42.8 Å². The predicted molar refractivity (Wildman–Crippen MR) is 107 cm³/mol. The highest BCUT2D eigenvalue weighted by molar-refractivity contribution is 5.61. The number of aryl methyl sites for hydroxylation is 1. The molecule has 1 unspecified atom stereocenters. The van der Waals surface area contributed by atoms with Crippen molar-refractivity contribution in [3.05, 3.63) is 96.3 Å². The topological polar surface area (TPSA) is 22.4 Å². The third-order valence-electron chi connectivity index (χ3n) is 4.59. The molecule has 0 amide bonds. The van der Waals surface area contributed by atoms with Crippen LogP contribution in [-0.2, 0) is 17.6 Å². The number of rotatable bonds is 9. The maximum atomic E-state index is 6.28. The van der Waals surface area contributed by atoms with Crippen LogP contribution in [0.3, 0.4) is 0 Å². The maximum Gasteiger partial charge on any atom is 0.137 e. The Labute approximate surface area is 156 Å². The van der Waals surface area contributed by atoms with E-state index in [-0.39, 0.29) is 6.10 Å². The molecule has 1 aromatic heterocycles. The Balaban J connectivity index is 1.86. The molecular formula is C24H26O2. The molecule has 1 atom stereocenters. The van der Waals surface area contributed by atoms with Crippen molar-refractivity contribution in [2.75, 3.05) is 7.11 Å². The average molecular weight is 346 g/mol. The van der Waals surface area contributed by atoms with Gasteiger partial charge in [0, 0.05) is 19.1 Å². The first-order valence-corrected chi connectivity index (χ1v) is 9.17. The summed E-state index contributed by atoms with van der Waals surface area (Å²) in [5.74, 6) is 1.95. The van der Waals surface area contributed by atoms with Gasteiger partial charge in [0.25, 0.3) is 0 Å². The van der Waals surface area contributed by atoms with Gasteiger partial charge in [-0.15, -0.1) is 6.58 Å². The van der Waals surface area contributed by atoms with Crippen LogP contribution in [0.5, 0.6) is 0 Å². The molecule has 0 radical (unpaired) electrons. The molecule has 0 aliphatic rings. The summed E-state index contributed by atoms with van der Waals surface area (Å²) < 4.78 is 12.0. The summed E-state index contributed by atoms with van der Waals surface area (Å²) in [6, 6.07) is 22.8. The molecule has 2 heteroatoms. The molecule has 0 spiro atoms. The highest BCUT2D eigenvalue weighted by atomic mass is 16.5. The first-order chi connectivity index (χ1) is 12.8. The molecule has 0 N–H and O–H groups in total. The van der Waals surface area contributed by atoms with E-state index in [0.29, 0.717) is 0 Å². The zero-order chi connectivity index (χ0) is 18.2. The lowest BCUT2D eigenvalue weighted by atomic mass is 10.0. The van der Waals surface area contributed by atoms with Gasteiger partial charge in [0.15, 0.2) is 0 Å². The molecule has 0 saturated carbocycles. The Morgan fingerprint density at radius 3 is 2.38 bits per heavy atom. The highest BCUT2D eigenvalue weighted by Gasteiger charge is 2.17. The number of ether oxygens (including phenoxy) is 1. The van der Waals surface area contributed by atoms with Gasteiger partial charge in [0.2, 0.25) is 0 Å². The zero-order valence-electron chi connectivity index (χ0n) is 15.4. The van der Waals surface area contributed by atoms with Crippen LogP contribution in [0.25, 0.3) is 11.3 Å². The zero-order valence-corrected chi connectivity index (χ0v) is 15.4. The minimum atomic E-state index is -0.00741. The number of allylic oxidation sites excluding steroid dienone is 1. The molecule has 134 valence electrons. The average Bonchev–Trinajstić information content (AvgIpc) is 3.10. The minimum absolute atomic E-state index is 0.00741. The van der Waals surface area contributed by atoms with Gasteiger partial charge < -0.3 is 9.15 Å². The van der Waals surface area contributed by atoms with E-state index in [4.69, 9.17) is 9.15 Å². The lowest BCUT2D eigenvalue weighted by molar-refractivity contribution is 0.0989. The first kappa shape index (κ1) is 18.2. The van der Waals surface area contributed by atoms with Crippen LogP contribution in [0.1, 0.15) is 35.8 Å². The van der Waals surface area contributed by atoms with Crippen molar-refractivity contribution in [3.8, 4) is 11.3 Å². The van der Waals surface area contributed by atoms with Gasteiger partial charge in [-0.1, -0.05) is 66.7 Å². The summed E-state index contributed by atoms with van der Waals surface area (Å²) >= 11 is 0. The molecule has 0 bridgehead atoms. The van der Waals surface area contributed by atoms with Crippen LogP contribution in [-0.4, -0.2) is 7.11 Å². The second-order valence-corrected chi connectivity index (χ2v) is 6.45. The fraction of sp³-hybridized carbons (Fsp3) is 0.250. The highest BCUT2D eigenvalue weighted by Crippen LogP contribution is 2.31. The maximum absolute atomic E-state index is 6.28. The van der Waals surface area contributed by atoms with Gasteiger partial charge in [0.1, 0.15) is 11.5 Å². The van der Waals surface area contributed by atoms with Gasteiger partial charge in [-0.3, -0.25) is 0 Å². The van der Waals surface area contributed by atoms with Crippen LogP contribution in [0, 0.1) is 0 Å². The van der Waals surface area contributed by atoms with E-state index in [9.17, 15) is 0 Å². The second kappa shape index (κ2) is 9.21. The van der Waals surface area contributed by atoms with Crippen molar-refractivity contribution in [2.45, 2.75) is 31.8 Å². The number of hydrogen-bond donors (Lipinski definition) is 0. The Morgan fingerprint density at radius 1 is 1.04 bits per heavy atom. The smallest absolute Gasteiger partial charge is 0.137 e. The van der Waals surface area contributed by atoms with E-state index in [2.05, 4.69) is 36.9 Å². The lowest BCUT2D eigenvalue weighted by Crippen LogP contribution is -2.04. The fourth-order valence-corrected chi connectivity index (χ4v) is 3.23. The molecule has 0 saturated heterocycles. The Kier molecular flexibility index (Phi) is 6.45. The van der Waals surface area contributed by atoms with Crippen molar-refractivity contribution >= 4 is 0 Å². The van der Waals surface area contributed by atoms with Crippen molar-refractivity contribution in [1.29, 1.82) is 0 Å². The largest absolute Gasteiger partial charge is 0.461 e. The summed E-state index contributed by atoms with van der Waals surface area (Å²) in [7, 11) is 1.75. The predicted octanol–water partition coefficient (Wildman–Crippen LogP) is 6.39. The quantitative estimate of drug-likeness (QED) is 0.331. The van der Waals surface area contributed by atoms with Crippen LogP contribution in [0.2, 0.25) is 0 Å². The number of unbranched alkanes of at least 4 members (excludes halogenated alkanes) is 1. The number of benzene rings is 2. The molecule has 3 aromatic rings. The summed E-state index contributed by atoms with van der Waals surface area (Å²) in [5.41, 5.74) is 3.55. The third kappa shape index (κ3) is 4.53. The number of hydrogen-bond acceptors (Lipinski definition) is 2. The number of methoxy groups -OCH3 is 1. The molecule has 2 nitrogen and oxygen atoms in total. The van der Waals surface area contributed by atoms with E-state index >= 15 is 0 Å². The minimum Gasteiger partial charge on any atom is -0.461 e. The van der Waals surface area contributed by atoms with Gasteiger partial charge in [0.05, 0.1) is 6.10 Å². The SMILES string of the molecule is C=CCCCc1cc(CC(OC)c2ccccc2)oc1-c1ccccc1. The summed E-state index contributed by atoms with van der Waals surface area (Å²) in [4.78, 5) is 0. The van der Waals surface area contributed by atoms with E-state index in [1.807, 2.05) is 42.5 Å². The molecule has 0 fully saturated rings. The van der Waals surface area contributed by atoms with E-state index < -0.39 is 0 Å². The lowest BCUT2D eigenvalue weighted by Gasteiger charge is -2.14. The van der Waals surface area contributed by atoms with Crippen molar-refractivity contribution in [1.82, 2.24) is 0 Å². The van der Waals surface area contributed by atoms with Gasteiger partial charge in [-0.05, 0) is 36.5 Å². The molecule has 26 heavy (non-hydrogen) atoms. The summed E-state index contributed by atoms with van der Waals surface area (Å²) in [6.07, 6.45) is 5.77. The summed E-state index contributed by atoms with van der Waals surface area (Å²) in [5, 5.41) is 0. The number of furan rings is 1. The Hall–Kier alpha value is -2.58. The Morgan fingerprint density at radius 2 is 1.73 bits per heavy atom. The second-order valence-electron chi connectivity index (χ2n) is 6.45. The van der Waals surface area contributed by atoms with Gasteiger partial charge in [-0.2, -0.15) is 0 Å². The van der Waals surface area contributed by atoms with Gasteiger partial charge >= 0.3 is 0 Å². The van der Waals surface area contributed by atoms with E-state index in [1.165, 1.54) is 11.1 Å². The molecule has 0 aliphatic heterocycles. The van der Waals surface area contributed by atoms with Crippen LogP contribution in [0.4, 0.5) is 0 Å². The van der Waals surface area contributed by atoms with Crippen molar-refractivity contribution in [3.63, 3.8) is 0 Å². The standard InChI is InChI=1S/C24H26O2/c1-3-4-7-16-21-17-22(26-24(21)20-14-10-6-11-15-20)18-23(25-2)19-12-8-5-9-13-19/h3,5-6,8-15,17,23H,1,4,7,16,18H2,2H3. The molecule has 0 aliphatic carbocycles. The van der Waals surface area contributed by atoms with Crippen LogP contribution in [0.15, 0.2) is 83.8 Å². The summed E-state index contributed by atoms with van der Waals surface area (Å²) in [6.45, 7) is 3.82. The fourth-order valence-electron chi connectivity index (χ4n) is 3.23. The molecule has 3 rings (SSSR count). The van der Waals surface area contributed by atoms with Crippen molar-refractivity contribution < 1.29 is 9.15 Å². The Bertz CT molecular complexity index is 803. The third-order valence-corrected chi connectivity index (χ3v) is 4.59. The van der Waals surface area contributed by atoms with Crippen molar-refractivity contribution in [2.24, 2.45) is 0 Å². The monoisotopic (exact) mass is 346 g/mol. The molecule has 1 heterocycles. The van der Waals surface area contributed by atoms with E-state index in [1.54, 1.807) is 7.11 Å². The molecular weight excluding hydrogens is 320 g/mol. The molecule has 2 aromatic carbocycles. The first-order valence-electron chi connectivity index (χ1n) is 9.17.